The molecule has 3 heterocycles. The van der Waals surface area contributed by atoms with Gasteiger partial charge in [-0.2, -0.15) is 10.1 Å². The molecule has 0 aliphatic rings. The van der Waals surface area contributed by atoms with Crippen molar-refractivity contribution in [3.8, 4) is 0 Å². The van der Waals surface area contributed by atoms with Crippen LogP contribution in [-0.4, -0.2) is 60.2 Å². The van der Waals surface area contributed by atoms with Crippen molar-refractivity contribution in [1.82, 2.24) is 24.7 Å². The Kier molecular flexibility index (Phi) is 8.30. The smallest absolute Gasteiger partial charge is 0.332 e. The number of halogens is 1. The average molecular weight is 503 g/mol. The lowest BCUT2D eigenvalue weighted by Gasteiger charge is -2.30. The second kappa shape index (κ2) is 11.2. The molecule has 3 rings (SSSR count). The summed E-state index contributed by atoms with van der Waals surface area (Å²) in [6.07, 6.45) is 5.22. The van der Waals surface area contributed by atoms with Crippen molar-refractivity contribution >= 4 is 34.8 Å². The van der Waals surface area contributed by atoms with Crippen LogP contribution in [-0.2, 0) is 17.9 Å². The van der Waals surface area contributed by atoms with Crippen molar-refractivity contribution < 1.29 is 14.8 Å². The Morgan fingerprint density at radius 1 is 1.29 bits per heavy atom. The molecule has 12 nitrogen and oxygen atoms in total. The maximum absolute atomic E-state index is 12.3. The molecule has 0 unspecified atom stereocenters. The van der Waals surface area contributed by atoms with E-state index < -0.39 is 23.4 Å². The number of hydrogen-bond donors (Lipinski definition) is 2. The molecule has 0 aliphatic heterocycles. The number of nitrogens with zero attached hydrogens (tertiary/aromatic N) is 7. The first-order chi connectivity index (χ1) is 16.6. The highest BCUT2D eigenvalue weighted by atomic mass is 35.5. The SMILES string of the molecule is Cc1nc(NCc2cnn(Cc3ccc(Cl)nc3)c2)nc(N(C)[C@H](C(=O)CO)C(C)C)c1[N+](=O)[O-]. The highest BCUT2D eigenvalue weighted by molar-refractivity contribution is 6.29. The predicted octanol–water partition coefficient (Wildman–Crippen LogP) is 2.62. The quantitative estimate of drug-likeness (QED) is 0.227. The van der Waals surface area contributed by atoms with E-state index in [9.17, 15) is 20.0 Å². The van der Waals surface area contributed by atoms with Gasteiger partial charge in [0.15, 0.2) is 5.78 Å². The highest BCUT2D eigenvalue weighted by Crippen LogP contribution is 2.32. The summed E-state index contributed by atoms with van der Waals surface area (Å²) >= 11 is 5.82. The van der Waals surface area contributed by atoms with Gasteiger partial charge in [-0.3, -0.25) is 19.6 Å². The van der Waals surface area contributed by atoms with Crippen molar-refractivity contribution in [2.75, 3.05) is 23.9 Å². The second-order valence-electron chi connectivity index (χ2n) is 8.38. The van der Waals surface area contributed by atoms with Crippen molar-refractivity contribution in [1.29, 1.82) is 0 Å². The van der Waals surface area contributed by atoms with Gasteiger partial charge in [-0.05, 0) is 24.5 Å². The zero-order chi connectivity index (χ0) is 25.7. The van der Waals surface area contributed by atoms with Gasteiger partial charge in [0.05, 0.1) is 23.7 Å². The van der Waals surface area contributed by atoms with E-state index in [4.69, 9.17) is 11.6 Å². The Balaban J connectivity index is 1.81. The summed E-state index contributed by atoms with van der Waals surface area (Å²) < 4.78 is 1.75. The number of ketones is 1. The lowest BCUT2D eigenvalue weighted by Crippen LogP contribution is -2.44. The van der Waals surface area contributed by atoms with Crippen molar-refractivity contribution in [3.05, 3.63) is 62.8 Å². The van der Waals surface area contributed by atoms with Gasteiger partial charge in [0.2, 0.25) is 11.8 Å². The summed E-state index contributed by atoms with van der Waals surface area (Å²) in [6.45, 7) is 5.27. The summed E-state index contributed by atoms with van der Waals surface area (Å²) in [4.78, 5) is 37.6. The number of anilines is 2. The summed E-state index contributed by atoms with van der Waals surface area (Å²) in [5.41, 5.74) is 1.64. The molecular formula is C22H27ClN8O4. The molecule has 0 saturated carbocycles. The fraction of sp³-hybridized carbons (Fsp3) is 0.409. The number of pyridine rings is 1. The third kappa shape index (κ3) is 6.28. The molecule has 0 spiro atoms. The van der Waals surface area contributed by atoms with Gasteiger partial charge in [0, 0.05) is 31.5 Å². The fourth-order valence-corrected chi connectivity index (χ4v) is 3.91. The Labute approximate surface area is 207 Å². The number of carbonyl (C=O) groups excluding carboxylic acids is 1. The van der Waals surface area contributed by atoms with Gasteiger partial charge in [-0.15, -0.1) is 0 Å². The Morgan fingerprint density at radius 2 is 2.03 bits per heavy atom. The number of Topliss-reactive ketones (excluding diaryl/α,β-unsaturated/α-hetero) is 1. The van der Waals surface area contributed by atoms with E-state index >= 15 is 0 Å². The van der Waals surface area contributed by atoms with Crippen molar-refractivity contribution in [2.24, 2.45) is 5.92 Å². The molecule has 0 radical (unpaired) electrons. The first-order valence-corrected chi connectivity index (χ1v) is 11.2. The number of aromatic nitrogens is 5. The minimum Gasteiger partial charge on any atom is -0.389 e. The van der Waals surface area contributed by atoms with Crippen LogP contribution in [0.4, 0.5) is 17.5 Å². The van der Waals surface area contributed by atoms with Crippen LogP contribution < -0.4 is 10.2 Å². The lowest BCUT2D eigenvalue weighted by molar-refractivity contribution is -0.385. The molecule has 0 bridgehead atoms. The number of rotatable bonds is 11. The number of hydrogen-bond acceptors (Lipinski definition) is 10. The Bertz CT molecular complexity index is 1200. The van der Waals surface area contributed by atoms with E-state index in [-0.39, 0.29) is 29.1 Å². The third-order valence-corrected chi connectivity index (χ3v) is 5.59. The number of aliphatic hydroxyl groups excluding tert-OH is 1. The normalized spacial score (nSPS) is 12.0. The molecule has 1 atom stereocenters. The van der Waals surface area contributed by atoms with Gasteiger partial charge >= 0.3 is 5.69 Å². The minimum absolute atomic E-state index is 0.00330. The molecule has 35 heavy (non-hydrogen) atoms. The van der Waals surface area contributed by atoms with Gasteiger partial charge in [0.25, 0.3) is 0 Å². The van der Waals surface area contributed by atoms with Crippen LogP contribution in [0.15, 0.2) is 30.7 Å². The zero-order valence-electron chi connectivity index (χ0n) is 19.8. The van der Waals surface area contributed by atoms with Crippen molar-refractivity contribution in [3.63, 3.8) is 0 Å². The van der Waals surface area contributed by atoms with Crippen molar-refractivity contribution in [2.45, 2.75) is 39.9 Å². The van der Waals surface area contributed by atoms with Crippen LogP contribution in [0.25, 0.3) is 0 Å². The van der Waals surface area contributed by atoms with E-state index in [1.807, 2.05) is 12.3 Å². The number of carbonyl (C=O) groups is 1. The largest absolute Gasteiger partial charge is 0.389 e. The number of nitrogens with one attached hydrogen (secondary N) is 1. The fourth-order valence-electron chi connectivity index (χ4n) is 3.80. The van der Waals surface area contributed by atoms with Crippen LogP contribution in [0.3, 0.4) is 0 Å². The van der Waals surface area contributed by atoms with Crippen LogP contribution in [0.5, 0.6) is 0 Å². The van der Waals surface area contributed by atoms with Gasteiger partial charge in [-0.1, -0.05) is 31.5 Å². The molecule has 0 aliphatic carbocycles. The number of likely N-dealkylation sites (N-methyl/N-ethyl adjacent to an activating group) is 1. The standard InChI is InChI=1S/C22H27ClN8O4/c1-13(2)19(17(33)12-32)29(4)21-20(31(34)35)14(3)27-22(28-21)25-8-16-9-26-30(11-16)10-15-5-6-18(23)24-7-15/h5-7,9,11,13,19,32H,8,10,12H2,1-4H3,(H,25,27,28)/t19-/m0/s1. The first kappa shape index (κ1) is 26.0. The van der Waals surface area contributed by atoms with Gasteiger partial charge < -0.3 is 15.3 Å². The summed E-state index contributed by atoms with van der Waals surface area (Å²) in [5, 5.41) is 29.0. The zero-order valence-corrected chi connectivity index (χ0v) is 20.6. The van der Waals surface area contributed by atoms with Gasteiger partial charge in [-0.25, -0.2) is 9.97 Å². The third-order valence-electron chi connectivity index (χ3n) is 5.36. The number of aliphatic hydroxyl groups is 1. The predicted molar refractivity (Wildman–Crippen MR) is 130 cm³/mol. The topological polar surface area (TPSA) is 152 Å². The van der Waals surface area contributed by atoms with Crippen LogP contribution >= 0.6 is 11.6 Å². The molecule has 2 N–H and O–H groups in total. The second-order valence-corrected chi connectivity index (χ2v) is 8.76. The van der Waals surface area contributed by atoms with E-state index in [0.29, 0.717) is 18.2 Å². The maximum Gasteiger partial charge on any atom is 0.332 e. The molecule has 3 aromatic heterocycles. The van der Waals surface area contributed by atoms with E-state index in [0.717, 1.165) is 11.1 Å². The number of aryl methyl sites for hydroxylation is 1. The summed E-state index contributed by atoms with van der Waals surface area (Å²) in [7, 11) is 1.55. The van der Waals surface area contributed by atoms with E-state index in [2.05, 4.69) is 25.4 Å². The molecule has 0 fully saturated rings. The van der Waals surface area contributed by atoms with E-state index in [1.54, 1.807) is 44.0 Å². The summed E-state index contributed by atoms with van der Waals surface area (Å²) in [5.74, 6) is -0.501. The molecule has 13 heteroatoms. The molecule has 0 saturated heterocycles. The summed E-state index contributed by atoms with van der Waals surface area (Å²) in [6, 6.07) is 2.79. The highest BCUT2D eigenvalue weighted by Gasteiger charge is 2.33. The van der Waals surface area contributed by atoms with Crippen LogP contribution in [0.1, 0.15) is 30.7 Å². The minimum atomic E-state index is -0.790. The number of nitro groups is 1. The van der Waals surface area contributed by atoms with Crippen LogP contribution in [0.2, 0.25) is 5.15 Å². The average Bonchev–Trinajstić information content (AvgIpc) is 3.25. The van der Waals surface area contributed by atoms with Crippen LogP contribution in [0, 0.1) is 23.0 Å². The Morgan fingerprint density at radius 3 is 2.63 bits per heavy atom. The first-order valence-electron chi connectivity index (χ1n) is 10.9. The molecular weight excluding hydrogens is 476 g/mol. The Hall–Kier alpha value is -3.64. The molecule has 0 aromatic carbocycles. The maximum atomic E-state index is 12.3. The molecule has 3 aromatic rings. The molecule has 0 amide bonds. The van der Waals surface area contributed by atoms with E-state index in [1.165, 1.54) is 11.8 Å². The lowest BCUT2D eigenvalue weighted by atomic mass is 9.98. The van der Waals surface area contributed by atoms with Gasteiger partial charge in [0.1, 0.15) is 17.5 Å². The molecule has 186 valence electrons. The monoisotopic (exact) mass is 502 g/mol.